The van der Waals surface area contributed by atoms with Gasteiger partial charge in [0, 0.05) is 15.4 Å². The second kappa shape index (κ2) is 3.88. The van der Waals surface area contributed by atoms with Gasteiger partial charge in [0.05, 0.1) is 6.26 Å². The Morgan fingerprint density at radius 1 is 1.50 bits per heavy atom. The van der Waals surface area contributed by atoms with Crippen LogP contribution in [0.15, 0.2) is 32.0 Å². The molecule has 2 nitrogen and oxygen atoms in total. The Morgan fingerprint density at radius 3 is 2.79 bits per heavy atom. The minimum Gasteiger partial charge on any atom is -0.466 e. The predicted octanol–water partition coefficient (Wildman–Crippen LogP) is 3.49. The van der Waals surface area contributed by atoms with Gasteiger partial charge in [0.15, 0.2) is 0 Å². The third-order valence-corrected chi connectivity index (χ3v) is 3.84. The zero-order valence-electron chi connectivity index (χ0n) is 7.53. The van der Waals surface area contributed by atoms with Crippen molar-refractivity contribution in [3.63, 3.8) is 0 Å². The van der Waals surface area contributed by atoms with E-state index in [2.05, 4.69) is 15.9 Å². The topological polar surface area (TPSA) is 33.4 Å². The van der Waals surface area contributed by atoms with Gasteiger partial charge in [-0.15, -0.1) is 0 Å². The largest absolute Gasteiger partial charge is 0.466 e. The fourth-order valence-corrected chi connectivity index (χ4v) is 2.82. The summed E-state index contributed by atoms with van der Waals surface area (Å²) in [5, 5.41) is 13.9. The number of furan rings is 1. The van der Waals surface area contributed by atoms with Crippen LogP contribution in [-0.4, -0.2) is 5.11 Å². The van der Waals surface area contributed by atoms with Gasteiger partial charge in [-0.05, 0) is 39.9 Å². The molecule has 1 unspecified atom stereocenters. The predicted molar refractivity (Wildman–Crippen MR) is 59.5 cm³/mol. The number of aliphatic hydroxyl groups excluding tert-OH is 1. The van der Waals surface area contributed by atoms with E-state index in [-0.39, 0.29) is 0 Å². The van der Waals surface area contributed by atoms with Crippen LogP contribution >= 0.6 is 27.3 Å². The molecule has 0 aromatic carbocycles. The number of thiophene rings is 1. The average molecular weight is 273 g/mol. The maximum absolute atomic E-state index is 10.0. The Bertz CT molecular complexity index is 393. The van der Waals surface area contributed by atoms with Crippen LogP contribution in [0.5, 0.6) is 0 Å². The van der Waals surface area contributed by atoms with Crippen molar-refractivity contribution < 1.29 is 9.52 Å². The number of hydrogen-bond acceptors (Lipinski definition) is 3. The summed E-state index contributed by atoms with van der Waals surface area (Å²) in [7, 11) is 0. The number of aliphatic hydroxyl groups is 1. The first-order valence-corrected chi connectivity index (χ1v) is 5.87. The van der Waals surface area contributed by atoms with E-state index in [1.54, 1.807) is 17.6 Å². The molecule has 4 heteroatoms. The van der Waals surface area contributed by atoms with Crippen LogP contribution in [0.3, 0.4) is 0 Å². The molecule has 2 rings (SSSR count). The fourth-order valence-electron chi connectivity index (χ4n) is 1.29. The van der Waals surface area contributed by atoms with Gasteiger partial charge in [-0.3, -0.25) is 0 Å². The monoisotopic (exact) mass is 272 g/mol. The number of aryl methyl sites for hydroxylation is 1. The summed E-state index contributed by atoms with van der Waals surface area (Å²) >= 11 is 4.93. The summed E-state index contributed by atoms with van der Waals surface area (Å²) in [6, 6.07) is 1.85. The first kappa shape index (κ1) is 9.96. The summed E-state index contributed by atoms with van der Waals surface area (Å²) in [6.07, 6.45) is 0.916. The summed E-state index contributed by atoms with van der Waals surface area (Å²) in [5.74, 6) is 0.615. The number of hydrogen-bond donors (Lipinski definition) is 1. The lowest BCUT2D eigenvalue weighted by Crippen LogP contribution is -1.98. The van der Waals surface area contributed by atoms with Gasteiger partial charge in [0.25, 0.3) is 0 Å². The van der Waals surface area contributed by atoms with Crippen molar-refractivity contribution in [3.8, 4) is 0 Å². The van der Waals surface area contributed by atoms with E-state index in [4.69, 9.17) is 4.42 Å². The lowest BCUT2D eigenvalue weighted by molar-refractivity contribution is 0.188. The molecule has 0 saturated carbocycles. The normalized spacial score (nSPS) is 13.1. The van der Waals surface area contributed by atoms with Crippen molar-refractivity contribution in [2.24, 2.45) is 0 Å². The zero-order chi connectivity index (χ0) is 10.1. The fraction of sp³-hybridized carbons (Fsp3) is 0.200. The molecule has 1 N–H and O–H groups in total. The minimum absolute atomic E-state index is 0.615. The van der Waals surface area contributed by atoms with Crippen LogP contribution in [-0.2, 0) is 0 Å². The quantitative estimate of drug-likeness (QED) is 0.908. The molecule has 0 fully saturated rings. The van der Waals surface area contributed by atoms with E-state index in [0.717, 1.165) is 15.6 Å². The molecular formula is C10H9BrO2S. The van der Waals surface area contributed by atoms with Crippen molar-refractivity contribution in [1.29, 1.82) is 0 Å². The second-order valence-corrected chi connectivity index (χ2v) is 4.64. The molecule has 1 atom stereocenters. The SMILES string of the molecule is Cc1ccoc1C(O)c1cscc1Br. The third-order valence-electron chi connectivity index (χ3n) is 2.09. The third kappa shape index (κ3) is 1.65. The molecule has 0 bridgehead atoms. The van der Waals surface area contributed by atoms with Gasteiger partial charge in [0.1, 0.15) is 11.9 Å². The molecule has 0 aliphatic carbocycles. The molecule has 0 saturated heterocycles. The Balaban J connectivity index is 2.38. The Hall–Kier alpha value is -0.580. The maximum atomic E-state index is 10.0. The first-order chi connectivity index (χ1) is 6.70. The van der Waals surface area contributed by atoms with Crippen LogP contribution in [0.2, 0.25) is 0 Å². The van der Waals surface area contributed by atoms with Gasteiger partial charge < -0.3 is 9.52 Å². The average Bonchev–Trinajstić information content (AvgIpc) is 2.73. The van der Waals surface area contributed by atoms with E-state index in [1.165, 1.54) is 0 Å². The smallest absolute Gasteiger partial charge is 0.139 e. The maximum Gasteiger partial charge on any atom is 0.139 e. The summed E-state index contributed by atoms with van der Waals surface area (Å²) in [5.41, 5.74) is 1.82. The van der Waals surface area contributed by atoms with Gasteiger partial charge in [0.2, 0.25) is 0 Å². The Labute approximate surface area is 94.3 Å². The van der Waals surface area contributed by atoms with Crippen LogP contribution in [0.25, 0.3) is 0 Å². The molecule has 0 aliphatic rings. The Kier molecular flexibility index (Phi) is 2.76. The van der Waals surface area contributed by atoms with E-state index < -0.39 is 6.10 Å². The zero-order valence-corrected chi connectivity index (χ0v) is 9.93. The van der Waals surface area contributed by atoms with E-state index in [0.29, 0.717) is 5.76 Å². The minimum atomic E-state index is -0.675. The highest BCUT2D eigenvalue weighted by atomic mass is 79.9. The van der Waals surface area contributed by atoms with Crippen LogP contribution in [0, 0.1) is 6.92 Å². The van der Waals surface area contributed by atoms with Gasteiger partial charge in [-0.1, -0.05) is 0 Å². The van der Waals surface area contributed by atoms with Crippen molar-refractivity contribution in [2.45, 2.75) is 13.0 Å². The molecular weight excluding hydrogens is 264 g/mol. The molecule has 0 spiro atoms. The highest BCUT2D eigenvalue weighted by Crippen LogP contribution is 2.32. The van der Waals surface area contributed by atoms with Crippen LogP contribution in [0.4, 0.5) is 0 Å². The van der Waals surface area contributed by atoms with Crippen molar-refractivity contribution in [3.05, 3.63) is 44.4 Å². The van der Waals surface area contributed by atoms with E-state index >= 15 is 0 Å². The highest BCUT2D eigenvalue weighted by molar-refractivity contribution is 9.10. The van der Waals surface area contributed by atoms with Gasteiger partial charge in [-0.2, -0.15) is 11.3 Å². The molecule has 2 aromatic rings. The highest BCUT2D eigenvalue weighted by Gasteiger charge is 2.18. The van der Waals surface area contributed by atoms with E-state index in [1.807, 2.05) is 23.8 Å². The van der Waals surface area contributed by atoms with Crippen molar-refractivity contribution in [1.82, 2.24) is 0 Å². The van der Waals surface area contributed by atoms with Crippen LogP contribution in [0.1, 0.15) is 23.0 Å². The molecule has 2 aromatic heterocycles. The summed E-state index contributed by atoms with van der Waals surface area (Å²) in [4.78, 5) is 0. The van der Waals surface area contributed by atoms with E-state index in [9.17, 15) is 5.11 Å². The number of rotatable bonds is 2. The standard InChI is InChI=1S/C10H9BrO2S/c1-6-2-3-13-10(6)9(12)7-4-14-5-8(7)11/h2-5,9,12H,1H3. The molecule has 74 valence electrons. The van der Waals surface area contributed by atoms with Crippen molar-refractivity contribution >= 4 is 27.3 Å². The summed E-state index contributed by atoms with van der Waals surface area (Å²) < 4.78 is 6.16. The number of halogens is 1. The molecule has 0 aliphatic heterocycles. The molecule has 0 amide bonds. The molecule has 2 heterocycles. The lowest BCUT2D eigenvalue weighted by atomic mass is 10.1. The van der Waals surface area contributed by atoms with Crippen molar-refractivity contribution in [2.75, 3.05) is 0 Å². The molecule has 14 heavy (non-hydrogen) atoms. The summed E-state index contributed by atoms with van der Waals surface area (Å²) in [6.45, 7) is 1.92. The molecule has 0 radical (unpaired) electrons. The Morgan fingerprint density at radius 2 is 2.29 bits per heavy atom. The first-order valence-electron chi connectivity index (χ1n) is 4.14. The van der Waals surface area contributed by atoms with Gasteiger partial charge >= 0.3 is 0 Å². The lowest BCUT2D eigenvalue weighted by Gasteiger charge is -2.07. The van der Waals surface area contributed by atoms with Crippen LogP contribution < -0.4 is 0 Å². The van der Waals surface area contributed by atoms with Gasteiger partial charge in [-0.25, -0.2) is 0 Å². The second-order valence-electron chi connectivity index (χ2n) is 3.05.